The number of para-hydroxylation sites is 1. The van der Waals surface area contributed by atoms with E-state index in [-0.39, 0.29) is 62.9 Å². The summed E-state index contributed by atoms with van der Waals surface area (Å²) in [4.78, 5) is 141. The Morgan fingerprint density at radius 3 is 2.17 bits per heavy atom. The number of aromatic amines is 1. The van der Waals surface area contributed by atoms with Crippen molar-refractivity contribution >= 4 is 98.5 Å². The molecule has 0 unspecified atom stereocenters. The van der Waals surface area contributed by atoms with Gasteiger partial charge in [-0.05, 0) is 92.8 Å². The van der Waals surface area contributed by atoms with E-state index in [1.165, 1.54) is 22.7 Å². The highest BCUT2D eigenvalue weighted by atomic mass is 32.2. The maximum Gasteiger partial charge on any atom is 0.305 e. The Morgan fingerprint density at radius 2 is 1.44 bits per heavy atom. The van der Waals surface area contributed by atoms with Crippen LogP contribution in [0.25, 0.3) is 21.7 Å². The predicted octanol–water partition coefficient (Wildman–Crippen LogP) is -1.09. The molecule has 1 aliphatic rings. The van der Waals surface area contributed by atoms with E-state index >= 15 is 0 Å². The van der Waals surface area contributed by atoms with Gasteiger partial charge in [-0.2, -0.15) is 11.8 Å². The maximum atomic E-state index is 14.0. The molecule has 0 bridgehead atoms. The zero-order chi connectivity index (χ0) is 58.1. The lowest BCUT2D eigenvalue weighted by Gasteiger charge is -2.27. The molecule has 5 atom stereocenters. The first-order valence-electron chi connectivity index (χ1n) is 26.1. The number of likely N-dealkylation sites (tertiary alicyclic amines) is 1. The first-order valence-corrected chi connectivity index (χ1v) is 27.5. The van der Waals surface area contributed by atoms with Gasteiger partial charge in [0, 0.05) is 48.4 Å². The lowest BCUT2D eigenvalue weighted by atomic mass is 9.98. The van der Waals surface area contributed by atoms with E-state index in [1.54, 1.807) is 20.2 Å². The van der Waals surface area contributed by atoms with Crippen LogP contribution in [-0.4, -0.2) is 169 Å². The van der Waals surface area contributed by atoms with E-state index in [9.17, 15) is 53.1 Å². The quantitative estimate of drug-likeness (QED) is 0.0123. The second-order valence-corrected chi connectivity index (χ2v) is 19.9. The number of aromatic nitrogens is 1. The fraction of sp³-hybridized carbons (Fsp3) is 0.426. The highest BCUT2D eigenvalue weighted by molar-refractivity contribution is 7.98. The molecule has 1 fully saturated rings. The smallest absolute Gasteiger partial charge is 0.305 e. The number of aliphatic carboxylic acids is 1. The summed E-state index contributed by atoms with van der Waals surface area (Å²) >= 11 is 1.30. The third kappa shape index (κ3) is 19.7. The Hall–Kier alpha value is -8.52. The molecule has 4 aromatic rings. The number of nitrogens with two attached hydrogens (primary N) is 2. The van der Waals surface area contributed by atoms with Crippen molar-refractivity contribution in [3.05, 3.63) is 95.8 Å². The van der Waals surface area contributed by atoms with Gasteiger partial charge in [0.2, 0.25) is 47.3 Å². The lowest BCUT2D eigenvalue weighted by molar-refractivity contribution is -0.141. The van der Waals surface area contributed by atoms with Gasteiger partial charge in [0.1, 0.15) is 29.9 Å². The number of carbonyl (C=O) groups is 10. The predicted molar refractivity (Wildman–Crippen MR) is 302 cm³/mol. The van der Waals surface area contributed by atoms with Crippen LogP contribution < -0.4 is 59.3 Å². The number of likely N-dealkylation sites (N-methyl/N-ethyl adjacent to an activating group) is 1. The van der Waals surface area contributed by atoms with Crippen molar-refractivity contribution in [3.8, 4) is 0 Å². The van der Waals surface area contributed by atoms with Gasteiger partial charge < -0.3 is 74.3 Å². The third-order valence-electron chi connectivity index (χ3n) is 12.8. The fourth-order valence-corrected chi connectivity index (χ4v) is 9.29. The molecule has 1 aliphatic heterocycles. The molecule has 0 radical (unpaired) electrons. The van der Waals surface area contributed by atoms with Gasteiger partial charge in [-0.15, -0.1) is 0 Å². The normalized spacial score (nSPS) is 14.6. The molecule has 1 saturated heterocycles. The van der Waals surface area contributed by atoms with Crippen LogP contribution in [0.2, 0.25) is 0 Å². The number of unbranched alkanes of at least 4 members (excludes halogenated alkanes) is 1. The minimum atomic E-state index is -1.55. The molecule has 430 valence electrons. The van der Waals surface area contributed by atoms with Gasteiger partial charge in [-0.1, -0.05) is 60.7 Å². The fourth-order valence-electron chi connectivity index (χ4n) is 8.95. The van der Waals surface area contributed by atoms with E-state index in [1.807, 2.05) is 72.9 Å². The van der Waals surface area contributed by atoms with Crippen molar-refractivity contribution in [3.63, 3.8) is 0 Å². The van der Waals surface area contributed by atoms with E-state index in [4.69, 9.17) is 11.5 Å². The Labute approximate surface area is 466 Å². The Morgan fingerprint density at radius 1 is 0.750 bits per heavy atom. The molecule has 1 aromatic heterocycles. The number of hydrogen-bond acceptors (Lipinski definition) is 13. The van der Waals surface area contributed by atoms with Gasteiger partial charge in [0.05, 0.1) is 32.6 Å². The highest BCUT2D eigenvalue weighted by Crippen LogP contribution is 2.22. The van der Waals surface area contributed by atoms with Crippen molar-refractivity contribution in [2.45, 2.75) is 88.5 Å². The number of fused-ring (bicyclic) bond motifs is 2. The number of benzene rings is 3. The number of thioether (sulfide) groups is 1. The number of carboxylic acid groups (broad SMARTS) is 1. The molecule has 15 N–H and O–H groups in total. The Kier molecular flexibility index (Phi) is 24.8. The zero-order valence-corrected chi connectivity index (χ0v) is 45.8. The monoisotopic (exact) mass is 1120 g/mol. The molecular formula is C54H72N14O11S. The van der Waals surface area contributed by atoms with Gasteiger partial charge in [-0.3, -0.25) is 52.9 Å². The minimum Gasteiger partial charge on any atom is -0.481 e. The van der Waals surface area contributed by atoms with E-state index in [2.05, 4.69) is 57.8 Å². The molecule has 9 amide bonds. The molecular weight excluding hydrogens is 1050 g/mol. The number of aliphatic imine (C=N–C) groups is 1. The van der Waals surface area contributed by atoms with Crippen LogP contribution in [-0.2, 0) is 60.8 Å². The second kappa shape index (κ2) is 31.8. The topological polar surface area (TPSA) is 383 Å². The lowest BCUT2D eigenvalue weighted by Crippen LogP contribution is -2.56. The summed E-state index contributed by atoms with van der Waals surface area (Å²) in [5, 5.41) is 35.7. The number of H-pyrrole nitrogens is 1. The zero-order valence-electron chi connectivity index (χ0n) is 45.0. The van der Waals surface area contributed by atoms with Crippen LogP contribution in [0.5, 0.6) is 0 Å². The minimum absolute atomic E-state index is 0.00122. The number of guanidine groups is 1. The van der Waals surface area contributed by atoms with Crippen molar-refractivity contribution < 1.29 is 53.1 Å². The molecule has 0 aliphatic carbocycles. The van der Waals surface area contributed by atoms with Crippen LogP contribution in [0.3, 0.4) is 0 Å². The number of carbonyl (C=O) groups excluding carboxylic acids is 9. The van der Waals surface area contributed by atoms with Crippen LogP contribution in [0.4, 0.5) is 0 Å². The number of nitrogens with zero attached hydrogens (tertiary/aromatic N) is 2. The van der Waals surface area contributed by atoms with Crippen molar-refractivity contribution in [1.82, 2.24) is 57.7 Å². The average molecular weight is 1130 g/mol. The first kappa shape index (κ1) is 62.3. The van der Waals surface area contributed by atoms with Gasteiger partial charge in [0.15, 0.2) is 5.96 Å². The first-order chi connectivity index (χ1) is 38.4. The molecule has 0 saturated carbocycles. The highest BCUT2D eigenvalue weighted by Gasteiger charge is 2.36. The number of nitrogens with one attached hydrogen (secondary N) is 10. The van der Waals surface area contributed by atoms with Gasteiger partial charge in [-0.25, -0.2) is 0 Å². The molecule has 5 rings (SSSR count). The number of hydrogen-bond donors (Lipinski definition) is 13. The maximum absolute atomic E-state index is 14.0. The summed E-state index contributed by atoms with van der Waals surface area (Å²) in [6.45, 7) is 0.572. The van der Waals surface area contributed by atoms with E-state index in [0.717, 1.165) is 27.2 Å². The molecule has 2 heterocycles. The summed E-state index contributed by atoms with van der Waals surface area (Å²) in [5.74, 6) is -7.73. The summed E-state index contributed by atoms with van der Waals surface area (Å²) in [6.07, 6.45) is 6.00. The molecule has 0 spiro atoms. The van der Waals surface area contributed by atoms with Crippen LogP contribution in [0.1, 0.15) is 56.6 Å². The standard InChI is InChI=1S/C54H72N14O11S/c1-32(24-35-27-59-38-17-7-6-16-37(35)38)63-52(78)42(26-48(73)74)66-50(76)39(18-8-9-21-58-54(55)56)65-51(77)40(20-23-80-3)64-46(71)30-60-45(70)29-62-49(75)41(25-34-14-10-13-33-12-4-5-15-36(33)34)67-53(79)43-19-11-22-68(43)47(72)31-61-44(69)28-57-2/h4-7,10,12-17,20,27,32,39,41-43,57,59H,8-9,11,18-19,21-26,28-31H2,1-3H3,(H,60,70)(H,61,69)(H,62,75)(H,63,78)(H,64,71)(H,65,77)(H,66,76)(H,67,79)(H,73,74)(H4,55,56,58)/b40-20-/t32-,39+,41+,42+,43+/m1/s1. The Balaban J connectivity index is 1.21. The average Bonchev–Trinajstić information content (AvgIpc) is 4.15. The largest absolute Gasteiger partial charge is 0.481 e. The molecule has 25 nitrogen and oxygen atoms in total. The third-order valence-corrected chi connectivity index (χ3v) is 13.3. The molecule has 26 heteroatoms. The summed E-state index contributed by atoms with van der Waals surface area (Å²) in [6, 6.07) is 15.0. The summed E-state index contributed by atoms with van der Waals surface area (Å²) < 4.78 is 0. The van der Waals surface area contributed by atoms with Crippen LogP contribution in [0.15, 0.2) is 89.7 Å². The molecule has 80 heavy (non-hydrogen) atoms. The van der Waals surface area contributed by atoms with Crippen molar-refractivity contribution in [2.24, 2.45) is 16.5 Å². The summed E-state index contributed by atoms with van der Waals surface area (Å²) in [7, 11) is 1.59. The Bertz CT molecular complexity index is 2920. The van der Waals surface area contributed by atoms with E-state index < -0.39 is 109 Å². The SMILES string of the molecule is CNCC(=O)NCC(=O)N1CCC[C@H]1C(=O)N[C@@H](Cc1cccc2ccccc12)C(=O)NCC(=O)NCC(=O)N/C(=C\CSC)C(=O)N[C@@H](CCCCN=C(N)N)C(=O)N[C@@H](CC(=O)O)C(=O)N[C@H](C)Cc1c[nH]c2ccccc12. The number of rotatable bonds is 31. The van der Waals surface area contributed by atoms with Gasteiger partial charge in [0.25, 0.3) is 5.91 Å². The molecule has 3 aromatic carbocycles. The number of amides is 9. The van der Waals surface area contributed by atoms with Crippen molar-refractivity contribution in [1.29, 1.82) is 0 Å². The summed E-state index contributed by atoms with van der Waals surface area (Å²) in [5.41, 5.74) is 13.2. The van der Waals surface area contributed by atoms with E-state index in [0.29, 0.717) is 31.2 Å². The second-order valence-electron chi connectivity index (χ2n) is 19.0. The van der Waals surface area contributed by atoms with Crippen LogP contribution >= 0.6 is 11.8 Å². The van der Waals surface area contributed by atoms with Gasteiger partial charge >= 0.3 is 5.97 Å². The van der Waals surface area contributed by atoms with Crippen molar-refractivity contribution in [2.75, 3.05) is 58.3 Å². The van der Waals surface area contributed by atoms with Crippen LogP contribution in [0, 0.1) is 0 Å². The number of carboxylic acids is 1.